The molecule has 1 aromatic carbocycles. The Bertz CT molecular complexity index is 586. The molecule has 2 aliphatic rings. The summed E-state index contributed by atoms with van der Waals surface area (Å²) >= 11 is 0. The van der Waals surface area contributed by atoms with Crippen molar-refractivity contribution in [2.45, 2.75) is 40.5 Å². The maximum absolute atomic E-state index is 12.6. The minimum atomic E-state index is -0.231. The van der Waals surface area contributed by atoms with Gasteiger partial charge in [0.1, 0.15) is 5.71 Å². The van der Waals surface area contributed by atoms with Gasteiger partial charge in [-0.05, 0) is 37.3 Å². The number of anilines is 1. The Labute approximate surface area is 120 Å². The van der Waals surface area contributed by atoms with Gasteiger partial charge >= 0.3 is 0 Å². The summed E-state index contributed by atoms with van der Waals surface area (Å²) in [7, 11) is 0. The summed E-state index contributed by atoms with van der Waals surface area (Å²) in [6, 6.07) is 8.06. The van der Waals surface area contributed by atoms with Gasteiger partial charge in [-0.15, -0.1) is 0 Å². The number of hydrazone groups is 1. The van der Waals surface area contributed by atoms with Crippen molar-refractivity contribution in [3.8, 4) is 0 Å². The van der Waals surface area contributed by atoms with Crippen molar-refractivity contribution in [3.63, 3.8) is 0 Å². The van der Waals surface area contributed by atoms with Crippen LogP contribution in [0.1, 0.15) is 39.2 Å². The van der Waals surface area contributed by atoms with Gasteiger partial charge < -0.3 is 0 Å². The molecular weight excluding hydrogens is 248 g/mol. The molecule has 0 radical (unpaired) electrons. The Hall–Kier alpha value is -1.64. The lowest BCUT2D eigenvalue weighted by molar-refractivity contribution is -0.123. The van der Waals surface area contributed by atoms with E-state index >= 15 is 0 Å². The topological polar surface area (TPSA) is 41.5 Å². The van der Waals surface area contributed by atoms with E-state index in [9.17, 15) is 4.79 Å². The predicted octanol–water partition coefficient (Wildman–Crippen LogP) is 3.79. The molecule has 2 saturated carbocycles. The Morgan fingerprint density at radius 3 is 2.40 bits per heavy atom. The Balaban J connectivity index is 1.87. The van der Waals surface area contributed by atoms with Crippen LogP contribution in [0.4, 0.5) is 5.69 Å². The first kappa shape index (κ1) is 13.3. The first-order valence-corrected chi connectivity index (χ1v) is 7.31. The average Bonchev–Trinajstić information content (AvgIpc) is 2.71. The van der Waals surface area contributed by atoms with Crippen LogP contribution in [0.25, 0.3) is 0 Å². The summed E-state index contributed by atoms with van der Waals surface area (Å²) in [5.41, 5.74) is 5.73. The zero-order chi connectivity index (χ0) is 14.5. The number of Topliss-reactive ketones (excluding diaryl/α,β-unsaturated/α-hetero) is 1. The van der Waals surface area contributed by atoms with Crippen LogP contribution in [0.2, 0.25) is 0 Å². The highest BCUT2D eigenvalue weighted by molar-refractivity contribution is 6.45. The summed E-state index contributed by atoms with van der Waals surface area (Å²) in [6.07, 6.45) is 2.07. The minimum Gasteiger partial charge on any atom is -0.292 e. The van der Waals surface area contributed by atoms with Gasteiger partial charge in [0, 0.05) is 11.3 Å². The summed E-state index contributed by atoms with van der Waals surface area (Å²) in [6.45, 7) is 8.57. The molecule has 106 valence electrons. The molecular formula is C17H22N2O. The number of hydrogen-bond acceptors (Lipinski definition) is 3. The van der Waals surface area contributed by atoms with E-state index in [1.807, 2.05) is 24.3 Å². The van der Waals surface area contributed by atoms with Gasteiger partial charge in [0.2, 0.25) is 0 Å². The van der Waals surface area contributed by atoms with E-state index in [0.717, 1.165) is 24.2 Å². The van der Waals surface area contributed by atoms with Crippen LogP contribution in [0.15, 0.2) is 29.4 Å². The van der Waals surface area contributed by atoms with Crippen LogP contribution in [0, 0.1) is 23.7 Å². The minimum absolute atomic E-state index is 0.0257. The molecule has 0 spiro atoms. The number of fused-ring (bicyclic) bond motifs is 2. The fourth-order valence-electron chi connectivity index (χ4n) is 3.71. The van der Waals surface area contributed by atoms with Crippen molar-refractivity contribution < 1.29 is 4.79 Å². The van der Waals surface area contributed by atoms with E-state index in [1.54, 1.807) is 0 Å². The third kappa shape index (κ3) is 1.65. The van der Waals surface area contributed by atoms with E-state index in [0.29, 0.717) is 0 Å². The zero-order valence-electron chi connectivity index (χ0n) is 12.7. The number of aryl methyl sites for hydroxylation is 1. The standard InChI is InChI=1S/C17H22N2O/c1-11-5-7-12(8-6-11)18-19-14-13-9-10-17(4,15(14)20)16(13,2)3/h5-8,13,18H,9-10H2,1-4H3/b19-14+/t13-,17+/m0/s1. The maximum Gasteiger partial charge on any atom is 0.185 e. The summed E-state index contributed by atoms with van der Waals surface area (Å²) in [5.74, 6) is 0.524. The quantitative estimate of drug-likeness (QED) is 0.831. The second-order valence-corrected chi connectivity index (χ2v) is 6.95. The first-order chi connectivity index (χ1) is 9.36. The van der Waals surface area contributed by atoms with Gasteiger partial charge in [-0.2, -0.15) is 5.10 Å². The third-order valence-electron chi connectivity index (χ3n) is 5.65. The lowest BCUT2D eigenvalue weighted by Gasteiger charge is -2.31. The molecule has 3 nitrogen and oxygen atoms in total. The first-order valence-electron chi connectivity index (χ1n) is 7.31. The molecule has 2 aliphatic carbocycles. The Kier molecular flexibility index (Phi) is 2.79. The molecule has 2 bridgehead atoms. The average molecular weight is 270 g/mol. The molecule has 3 heteroatoms. The Morgan fingerprint density at radius 1 is 1.20 bits per heavy atom. The van der Waals surface area contributed by atoms with Crippen LogP contribution in [-0.2, 0) is 4.79 Å². The molecule has 2 atom stereocenters. The molecule has 3 rings (SSSR count). The molecule has 0 aliphatic heterocycles. The lowest BCUT2D eigenvalue weighted by Crippen LogP contribution is -2.33. The second-order valence-electron chi connectivity index (χ2n) is 6.95. The fourth-order valence-corrected chi connectivity index (χ4v) is 3.71. The van der Waals surface area contributed by atoms with Crippen LogP contribution < -0.4 is 5.43 Å². The molecule has 0 saturated heterocycles. The normalized spacial score (nSPS) is 32.9. The molecule has 20 heavy (non-hydrogen) atoms. The molecule has 0 unspecified atom stereocenters. The Morgan fingerprint density at radius 2 is 1.85 bits per heavy atom. The van der Waals surface area contributed by atoms with Crippen LogP contribution in [0.5, 0.6) is 0 Å². The number of nitrogens with zero attached hydrogens (tertiary/aromatic N) is 1. The van der Waals surface area contributed by atoms with Gasteiger partial charge in [-0.1, -0.05) is 38.5 Å². The highest BCUT2D eigenvalue weighted by atomic mass is 16.1. The van der Waals surface area contributed by atoms with Crippen molar-refractivity contribution in [3.05, 3.63) is 29.8 Å². The molecule has 1 aromatic rings. The van der Waals surface area contributed by atoms with E-state index < -0.39 is 0 Å². The monoisotopic (exact) mass is 270 g/mol. The van der Waals surface area contributed by atoms with Crippen molar-refractivity contribution in [2.75, 3.05) is 5.43 Å². The maximum atomic E-state index is 12.6. The van der Waals surface area contributed by atoms with Crippen LogP contribution in [0.3, 0.4) is 0 Å². The third-order valence-corrected chi connectivity index (χ3v) is 5.65. The zero-order valence-corrected chi connectivity index (χ0v) is 12.7. The molecule has 0 amide bonds. The molecule has 2 fully saturated rings. The number of hydrogen-bond donors (Lipinski definition) is 1. The number of benzene rings is 1. The highest BCUT2D eigenvalue weighted by Gasteiger charge is 2.65. The van der Waals surface area contributed by atoms with Crippen LogP contribution in [-0.4, -0.2) is 11.5 Å². The van der Waals surface area contributed by atoms with E-state index in [4.69, 9.17) is 0 Å². The number of ketones is 1. The van der Waals surface area contributed by atoms with E-state index in [-0.39, 0.29) is 22.5 Å². The van der Waals surface area contributed by atoms with Crippen LogP contribution >= 0.6 is 0 Å². The van der Waals surface area contributed by atoms with Gasteiger partial charge in [-0.3, -0.25) is 10.2 Å². The molecule has 0 heterocycles. The smallest absolute Gasteiger partial charge is 0.185 e. The van der Waals surface area contributed by atoms with E-state index in [1.165, 1.54) is 5.56 Å². The summed E-state index contributed by atoms with van der Waals surface area (Å²) < 4.78 is 0. The predicted molar refractivity (Wildman–Crippen MR) is 81.9 cm³/mol. The van der Waals surface area contributed by atoms with Crippen molar-refractivity contribution in [1.29, 1.82) is 0 Å². The lowest BCUT2D eigenvalue weighted by atomic mass is 9.70. The molecule has 1 N–H and O–H groups in total. The van der Waals surface area contributed by atoms with E-state index in [2.05, 4.69) is 38.2 Å². The number of carbonyl (C=O) groups is 1. The number of carbonyl (C=O) groups excluding carboxylic acids is 1. The number of nitrogens with one attached hydrogen (secondary N) is 1. The van der Waals surface area contributed by atoms with Crippen molar-refractivity contribution in [2.24, 2.45) is 21.8 Å². The van der Waals surface area contributed by atoms with Crippen molar-refractivity contribution >= 4 is 17.2 Å². The fraction of sp³-hybridized carbons (Fsp3) is 0.529. The van der Waals surface area contributed by atoms with Gasteiger partial charge in [0.15, 0.2) is 5.78 Å². The largest absolute Gasteiger partial charge is 0.292 e. The summed E-state index contributed by atoms with van der Waals surface area (Å²) in [5, 5.41) is 4.44. The summed E-state index contributed by atoms with van der Waals surface area (Å²) in [4.78, 5) is 12.6. The van der Waals surface area contributed by atoms with Gasteiger partial charge in [0.05, 0.1) is 5.69 Å². The molecule has 0 aromatic heterocycles. The number of rotatable bonds is 2. The second kappa shape index (κ2) is 4.18. The highest BCUT2D eigenvalue weighted by Crippen LogP contribution is 2.62. The van der Waals surface area contributed by atoms with Gasteiger partial charge in [0.25, 0.3) is 0 Å². The van der Waals surface area contributed by atoms with Gasteiger partial charge in [-0.25, -0.2) is 0 Å². The SMILES string of the molecule is Cc1ccc(N/N=C2/C(=O)[C@@]3(C)CC[C@@H]2C3(C)C)cc1. The van der Waals surface area contributed by atoms with Crippen molar-refractivity contribution in [1.82, 2.24) is 0 Å².